The van der Waals surface area contributed by atoms with E-state index in [-0.39, 0.29) is 11.6 Å². The third kappa shape index (κ3) is 4.33. The van der Waals surface area contributed by atoms with Crippen LogP contribution in [0.5, 0.6) is 0 Å². The summed E-state index contributed by atoms with van der Waals surface area (Å²) in [7, 11) is 2.21. The van der Waals surface area contributed by atoms with Crippen LogP contribution in [0, 0.1) is 5.92 Å². The molecule has 0 amide bonds. The quantitative estimate of drug-likeness (QED) is 0.758. The number of rotatable bonds is 5. The molecule has 0 atom stereocenters. The normalized spacial score (nSPS) is 20.3. The molecule has 1 aromatic carbocycles. The monoisotopic (exact) mass is 357 g/mol. The van der Waals surface area contributed by atoms with E-state index in [1.807, 2.05) is 12.1 Å². The Labute approximate surface area is 156 Å². The third-order valence-electron chi connectivity index (χ3n) is 5.84. The zero-order valence-electron chi connectivity index (χ0n) is 16.3. The number of hydrogen-bond donors (Lipinski definition) is 0. The second-order valence-corrected chi connectivity index (χ2v) is 7.85. The van der Waals surface area contributed by atoms with Crippen molar-refractivity contribution in [2.75, 3.05) is 57.8 Å². The van der Waals surface area contributed by atoms with E-state index in [1.54, 1.807) is 13.0 Å². The first kappa shape index (κ1) is 19.1. The lowest BCUT2D eigenvalue weighted by Gasteiger charge is -2.39. The van der Waals surface area contributed by atoms with Crippen molar-refractivity contribution in [3.8, 4) is 0 Å². The van der Waals surface area contributed by atoms with Gasteiger partial charge in [0, 0.05) is 44.0 Å². The molecule has 2 aliphatic rings. The summed E-state index contributed by atoms with van der Waals surface area (Å²) in [5, 5.41) is 0. The van der Waals surface area contributed by atoms with Gasteiger partial charge in [0.1, 0.15) is 0 Å². The largest absolute Gasteiger partial charge is 0.368 e. The number of piperidine rings is 1. The smallest absolute Gasteiger partial charge is 0.162 e. The fraction of sp³-hybridized carbons (Fsp3) is 0.619. The second kappa shape index (κ2) is 8.31. The Kier molecular flexibility index (Phi) is 6.09. The van der Waals surface area contributed by atoms with E-state index in [4.69, 9.17) is 0 Å². The topological polar surface area (TPSA) is 43.9 Å². The van der Waals surface area contributed by atoms with Gasteiger partial charge < -0.3 is 9.80 Å². The van der Waals surface area contributed by atoms with Crippen LogP contribution in [0.25, 0.3) is 0 Å². The average molecular weight is 357 g/mol. The van der Waals surface area contributed by atoms with Gasteiger partial charge in [-0.25, -0.2) is 0 Å². The number of hydrogen-bond acceptors (Lipinski definition) is 5. The van der Waals surface area contributed by atoms with Gasteiger partial charge in [-0.1, -0.05) is 12.1 Å². The lowest BCUT2D eigenvalue weighted by atomic mass is 9.96. The molecule has 0 aliphatic carbocycles. The molecule has 0 radical (unpaired) electrons. The molecule has 2 aliphatic heterocycles. The van der Waals surface area contributed by atoms with Gasteiger partial charge in [-0.15, -0.1) is 0 Å². The number of nitrogens with zero attached hydrogens (tertiary/aromatic N) is 3. The molecule has 0 N–H and O–H groups in total. The number of anilines is 1. The van der Waals surface area contributed by atoms with E-state index in [9.17, 15) is 9.59 Å². The predicted octanol–water partition coefficient (Wildman–Crippen LogP) is 2.56. The molecule has 2 heterocycles. The molecular formula is C21H31N3O2. The molecule has 142 valence electrons. The summed E-state index contributed by atoms with van der Waals surface area (Å²) in [6.45, 7) is 10.6. The zero-order chi connectivity index (χ0) is 18.7. The predicted molar refractivity (Wildman–Crippen MR) is 105 cm³/mol. The molecule has 0 spiro atoms. The van der Waals surface area contributed by atoms with Crippen molar-refractivity contribution in [2.24, 2.45) is 5.92 Å². The van der Waals surface area contributed by atoms with Crippen molar-refractivity contribution in [1.82, 2.24) is 9.80 Å². The van der Waals surface area contributed by atoms with Crippen LogP contribution < -0.4 is 4.90 Å². The highest BCUT2D eigenvalue weighted by Gasteiger charge is 2.25. The van der Waals surface area contributed by atoms with Crippen LogP contribution in [0.1, 0.15) is 47.4 Å². The summed E-state index contributed by atoms with van der Waals surface area (Å²) in [6, 6.07) is 5.64. The fourth-order valence-electron chi connectivity index (χ4n) is 4.25. The summed E-state index contributed by atoms with van der Waals surface area (Å²) in [6.07, 6.45) is 2.59. The van der Waals surface area contributed by atoms with Crippen molar-refractivity contribution in [1.29, 1.82) is 0 Å². The maximum atomic E-state index is 12.2. The molecule has 1 aromatic rings. The van der Waals surface area contributed by atoms with Crippen molar-refractivity contribution in [3.63, 3.8) is 0 Å². The first-order chi connectivity index (χ1) is 12.5. The van der Waals surface area contributed by atoms with Crippen molar-refractivity contribution in [3.05, 3.63) is 29.3 Å². The summed E-state index contributed by atoms with van der Waals surface area (Å²) >= 11 is 0. The number of piperazine rings is 1. The van der Waals surface area contributed by atoms with Gasteiger partial charge in [0.2, 0.25) is 0 Å². The van der Waals surface area contributed by atoms with Crippen LogP contribution in [-0.2, 0) is 0 Å². The van der Waals surface area contributed by atoms with Gasteiger partial charge in [0.15, 0.2) is 11.6 Å². The van der Waals surface area contributed by atoms with Gasteiger partial charge in [0.25, 0.3) is 0 Å². The van der Waals surface area contributed by atoms with Crippen LogP contribution in [0.2, 0.25) is 0 Å². The number of carbonyl (C=O) groups excluding carboxylic acids is 2. The first-order valence-corrected chi connectivity index (χ1v) is 9.76. The molecule has 5 nitrogen and oxygen atoms in total. The molecule has 0 saturated carbocycles. The minimum atomic E-state index is -0.0436. The Hall–Kier alpha value is -1.72. The van der Waals surface area contributed by atoms with Crippen molar-refractivity contribution in [2.45, 2.75) is 26.7 Å². The third-order valence-corrected chi connectivity index (χ3v) is 5.84. The standard InChI is InChI=1S/C21H31N3O2/c1-16(25)19-5-4-6-20(21(19)17(2)26)24-13-11-23(12-14-24)15-18-7-9-22(3)10-8-18/h4-6,18H,7-15H2,1-3H3. The summed E-state index contributed by atoms with van der Waals surface area (Å²) < 4.78 is 0. The van der Waals surface area contributed by atoms with Crippen LogP contribution in [-0.4, -0.2) is 74.2 Å². The average Bonchev–Trinajstić information content (AvgIpc) is 2.63. The lowest BCUT2D eigenvalue weighted by molar-refractivity contribution is 0.0981. The Morgan fingerprint density at radius 3 is 2.19 bits per heavy atom. The first-order valence-electron chi connectivity index (χ1n) is 9.76. The van der Waals surface area contributed by atoms with E-state index in [0.717, 1.165) is 37.8 Å². The lowest BCUT2D eigenvalue weighted by Crippen LogP contribution is -2.49. The number of carbonyl (C=O) groups is 2. The van der Waals surface area contributed by atoms with E-state index >= 15 is 0 Å². The Balaban J connectivity index is 1.64. The zero-order valence-corrected chi connectivity index (χ0v) is 16.3. The van der Waals surface area contributed by atoms with Gasteiger partial charge in [-0.3, -0.25) is 14.5 Å². The minimum absolute atomic E-state index is 0.0282. The van der Waals surface area contributed by atoms with Crippen LogP contribution in [0.4, 0.5) is 5.69 Å². The number of ketones is 2. The van der Waals surface area contributed by atoms with Crippen LogP contribution in [0.3, 0.4) is 0 Å². The Morgan fingerprint density at radius 2 is 1.62 bits per heavy atom. The van der Waals surface area contributed by atoms with E-state index < -0.39 is 0 Å². The minimum Gasteiger partial charge on any atom is -0.368 e. The van der Waals surface area contributed by atoms with Gasteiger partial charge in [-0.05, 0) is 58.8 Å². The molecule has 2 saturated heterocycles. The van der Waals surface area contributed by atoms with Crippen molar-refractivity contribution >= 4 is 17.3 Å². The Bertz CT molecular complexity index is 657. The molecular weight excluding hydrogens is 326 g/mol. The van der Waals surface area contributed by atoms with Crippen LogP contribution in [0.15, 0.2) is 18.2 Å². The highest BCUT2D eigenvalue weighted by atomic mass is 16.1. The molecule has 0 unspecified atom stereocenters. The molecule has 5 heteroatoms. The maximum Gasteiger partial charge on any atom is 0.162 e. The van der Waals surface area contributed by atoms with Gasteiger partial charge >= 0.3 is 0 Å². The molecule has 26 heavy (non-hydrogen) atoms. The summed E-state index contributed by atoms with van der Waals surface area (Å²) in [5.74, 6) is 0.740. The summed E-state index contributed by atoms with van der Waals surface area (Å²) in [5.41, 5.74) is 2.05. The maximum absolute atomic E-state index is 12.2. The molecule has 3 rings (SSSR count). The molecule has 0 bridgehead atoms. The highest BCUT2D eigenvalue weighted by Crippen LogP contribution is 2.27. The van der Waals surface area contributed by atoms with E-state index in [2.05, 4.69) is 21.7 Å². The molecule has 2 fully saturated rings. The van der Waals surface area contributed by atoms with Gasteiger partial charge in [0.05, 0.1) is 5.56 Å². The van der Waals surface area contributed by atoms with E-state index in [1.165, 1.54) is 39.4 Å². The number of Topliss-reactive ketones (excluding diaryl/α,β-unsaturated/α-hetero) is 2. The summed E-state index contributed by atoms with van der Waals surface area (Å²) in [4.78, 5) is 31.4. The highest BCUT2D eigenvalue weighted by molar-refractivity contribution is 6.10. The fourth-order valence-corrected chi connectivity index (χ4v) is 4.25. The Morgan fingerprint density at radius 1 is 0.962 bits per heavy atom. The van der Waals surface area contributed by atoms with Gasteiger partial charge in [-0.2, -0.15) is 0 Å². The van der Waals surface area contributed by atoms with Crippen molar-refractivity contribution < 1.29 is 9.59 Å². The SMILES string of the molecule is CC(=O)c1cccc(N2CCN(CC3CCN(C)CC3)CC2)c1C(C)=O. The second-order valence-electron chi connectivity index (χ2n) is 7.85. The number of likely N-dealkylation sites (tertiary alicyclic amines) is 1. The molecule has 0 aromatic heterocycles. The van der Waals surface area contributed by atoms with E-state index in [0.29, 0.717) is 11.1 Å². The number of benzene rings is 1. The van der Waals surface area contributed by atoms with Crippen LogP contribution >= 0.6 is 0 Å².